The lowest BCUT2D eigenvalue weighted by Gasteiger charge is -2.32. The zero-order chi connectivity index (χ0) is 11.4. The fourth-order valence-electron chi connectivity index (χ4n) is 2.31. The van der Waals surface area contributed by atoms with Crippen LogP contribution in [0.2, 0.25) is 0 Å². The van der Waals surface area contributed by atoms with Crippen LogP contribution in [0, 0.1) is 11.3 Å². The minimum Gasteiger partial charge on any atom is -0.354 e. The Morgan fingerprint density at radius 1 is 1.38 bits per heavy atom. The molecule has 1 heterocycles. The monoisotopic (exact) mass is 216 g/mol. The van der Waals surface area contributed by atoms with Gasteiger partial charge in [0, 0.05) is 13.1 Å². The molecule has 1 aliphatic rings. The summed E-state index contributed by atoms with van der Waals surface area (Å²) in [5, 5.41) is 17.0. The van der Waals surface area contributed by atoms with Crippen LogP contribution in [0.5, 0.6) is 0 Å². The quantitative estimate of drug-likeness (QED) is 0.759. The number of aromatic nitrogens is 2. The molecule has 1 saturated carbocycles. The first-order valence-corrected chi connectivity index (χ1v) is 5.77. The SMILES string of the molecule is CN(c1nnccc1C#N)C1CCCCC1. The minimum atomic E-state index is 0.512. The zero-order valence-electron chi connectivity index (χ0n) is 9.56. The first-order chi connectivity index (χ1) is 7.83. The number of hydrogen-bond acceptors (Lipinski definition) is 4. The molecule has 2 rings (SSSR count). The van der Waals surface area contributed by atoms with Gasteiger partial charge in [0.15, 0.2) is 5.82 Å². The molecule has 1 aliphatic carbocycles. The standard InChI is InChI=1S/C12H16N4/c1-16(11-5-3-2-4-6-11)12-10(9-13)7-8-14-15-12/h7-8,11H,2-6H2,1H3. The van der Waals surface area contributed by atoms with Crippen molar-refractivity contribution >= 4 is 5.82 Å². The average molecular weight is 216 g/mol. The van der Waals surface area contributed by atoms with Crippen LogP contribution in [0.1, 0.15) is 37.7 Å². The topological polar surface area (TPSA) is 52.8 Å². The summed E-state index contributed by atoms with van der Waals surface area (Å²) in [6, 6.07) is 4.41. The number of nitrogens with zero attached hydrogens (tertiary/aromatic N) is 4. The zero-order valence-corrected chi connectivity index (χ0v) is 9.56. The van der Waals surface area contributed by atoms with Crippen LogP contribution in [0.3, 0.4) is 0 Å². The van der Waals surface area contributed by atoms with Gasteiger partial charge in [-0.1, -0.05) is 19.3 Å². The molecule has 0 atom stereocenters. The van der Waals surface area contributed by atoms with Crippen molar-refractivity contribution in [3.63, 3.8) is 0 Å². The molecule has 0 unspecified atom stereocenters. The van der Waals surface area contributed by atoms with Gasteiger partial charge in [-0.15, -0.1) is 5.10 Å². The lowest BCUT2D eigenvalue weighted by molar-refractivity contribution is 0.425. The Labute approximate surface area is 95.9 Å². The number of rotatable bonds is 2. The van der Waals surface area contributed by atoms with Gasteiger partial charge < -0.3 is 4.90 Å². The normalized spacial score (nSPS) is 16.8. The van der Waals surface area contributed by atoms with E-state index < -0.39 is 0 Å². The minimum absolute atomic E-state index is 0.512. The van der Waals surface area contributed by atoms with E-state index in [0.29, 0.717) is 11.6 Å². The third-order valence-corrected chi connectivity index (χ3v) is 3.28. The molecule has 0 spiro atoms. The summed E-state index contributed by atoms with van der Waals surface area (Å²) >= 11 is 0. The van der Waals surface area contributed by atoms with Crippen molar-refractivity contribution in [2.24, 2.45) is 0 Å². The van der Waals surface area contributed by atoms with Crippen LogP contribution < -0.4 is 4.90 Å². The van der Waals surface area contributed by atoms with Crippen LogP contribution in [0.25, 0.3) is 0 Å². The molecular weight excluding hydrogens is 200 g/mol. The first-order valence-electron chi connectivity index (χ1n) is 5.77. The van der Waals surface area contributed by atoms with E-state index in [1.165, 1.54) is 32.1 Å². The summed E-state index contributed by atoms with van der Waals surface area (Å²) in [7, 11) is 2.01. The Morgan fingerprint density at radius 2 is 2.12 bits per heavy atom. The number of nitriles is 1. The van der Waals surface area contributed by atoms with Gasteiger partial charge in [0.25, 0.3) is 0 Å². The van der Waals surface area contributed by atoms with E-state index in [4.69, 9.17) is 5.26 Å². The maximum atomic E-state index is 9.02. The van der Waals surface area contributed by atoms with E-state index in [9.17, 15) is 0 Å². The molecule has 0 saturated heterocycles. The van der Waals surface area contributed by atoms with Crippen LogP contribution in [-0.2, 0) is 0 Å². The van der Waals surface area contributed by atoms with Crippen molar-refractivity contribution in [3.8, 4) is 6.07 Å². The van der Waals surface area contributed by atoms with Crippen molar-refractivity contribution in [1.29, 1.82) is 5.26 Å². The summed E-state index contributed by atoms with van der Waals surface area (Å²) in [4.78, 5) is 2.12. The largest absolute Gasteiger partial charge is 0.354 e. The fraction of sp³-hybridized carbons (Fsp3) is 0.583. The summed E-state index contributed by atoms with van der Waals surface area (Å²) in [6.45, 7) is 0. The maximum Gasteiger partial charge on any atom is 0.169 e. The molecule has 0 bridgehead atoms. The third-order valence-electron chi connectivity index (χ3n) is 3.28. The second-order valence-electron chi connectivity index (χ2n) is 4.28. The molecule has 4 heteroatoms. The van der Waals surface area contributed by atoms with E-state index in [0.717, 1.165) is 5.82 Å². The Morgan fingerprint density at radius 3 is 2.81 bits per heavy atom. The maximum absolute atomic E-state index is 9.02. The summed E-state index contributed by atoms with van der Waals surface area (Å²) in [5.41, 5.74) is 0.614. The predicted octanol–water partition coefficient (Wildman–Crippen LogP) is 2.12. The molecule has 1 fully saturated rings. The van der Waals surface area contributed by atoms with Crippen LogP contribution in [0.15, 0.2) is 12.3 Å². The van der Waals surface area contributed by atoms with Crippen molar-refractivity contribution < 1.29 is 0 Å². The van der Waals surface area contributed by atoms with Crippen LogP contribution in [0.4, 0.5) is 5.82 Å². The molecule has 4 nitrogen and oxygen atoms in total. The molecular formula is C12H16N4. The van der Waals surface area contributed by atoms with Gasteiger partial charge >= 0.3 is 0 Å². The molecule has 0 radical (unpaired) electrons. The van der Waals surface area contributed by atoms with E-state index in [-0.39, 0.29) is 0 Å². The van der Waals surface area contributed by atoms with E-state index in [1.54, 1.807) is 12.3 Å². The molecule has 0 aliphatic heterocycles. The van der Waals surface area contributed by atoms with Gasteiger partial charge in [0.05, 0.1) is 11.8 Å². The summed E-state index contributed by atoms with van der Waals surface area (Å²) in [5.74, 6) is 0.719. The third kappa shape index (κ3) is 2.13. The number of anilines is 1. The van der Waals surface area contributed by atoms with Crippen molar-refractivity contribution in [3.05, 3.63) is 17.8 Å². The van der Waals surface area contributed by atoms with Gasteiger partial charge in [0.1, 0.15) is 6.07 Å². The highest BCUT2D eigenvalue weighted by atomic mass is 15.3. The molecule has 1 aromatic rings. The van der Waals surface area contributed by atoms with E-state index >= 15 is 0 Å². The Kier molecular flexibility index (Phi) is 3.35. The lowest BCUT2D eigenvalue weighted by Crippen LogP contribution is -2.34. The second kappa shape index (κ2) is 4.93. The van der Waals surface area contributed by atoms with Crippen molar-refractivity contribution in [2.45, 2.75) is 38.1 Å². The highest BCUT2D eigenvalue weighted by Crippen LogP contribution is 2.26. The van der Waals surface area contributed by atoms with Crippen molar-refractivity contribution in [1.82, 2.24) is 10.2 Å². The Bertz CT molecular complexity index is 390. The molecule has 0 amide bonds. The average Bonchev–Trinajstić information content (AvgIpc) is 2.39. The second-order valence-corrected chi connectivity index (χ2v) is 4.28. The van der Waals surface area contributed by atoms with Crippen LogP contribution >= 0.6 is 0 Å². The van der Waals surface area contributed by atoms with Crippen LogP contribution in [-0.4, -0.2) is 23.3 Å². The molecule has 0 aromatic carbocycles. The van der Waals surface area contributed by atoms with Gasteiger partial charge in [-0.25, -0.2) is 0 Å². The summed E-state index contributed by atoms with van der Waals surface area (Å²) < 4.78 is 0. The lowest BCUT2D eigenvalue weighted by atomic mass is 9.94. The molecule has 0 N–H and O–H groups in total. The molecule has 16 heavy (non-hydrogen) atoms. The highest BCUT2D eigenvalue weighted by Gasteiger charge is 2.21. The molecule has 84 valence electrons. The van der Waals surface area contributed by atoms with E-state index in [1.807, 2.05) is 7.05 Å². The Balaban J connectivity index is 2.19. The van der Waals surface area contributed by atoms with Gasteiger partial charge in [-0.05, 0) is 18.9 Å². The number of hydrogen-bond donors (Lipinski definition) is 0. The smallest absolute Gasteiger partial charge is 0.169 e. The predicted molar refractivity (Wildman–Crippen MR) is 62.0 cm³/mol. The first kappa shape index (κ1) is 10.9. The van der Waals surface area contributed by atoms with Gasteiger partial charge in [-0.3, -0.25) is 0 Å². The molecule has 1 aromatic heterocycles. The van der Waals surface area contributed by atoms with Gasteiger partial charge in [0.2, 0.25) is 0 Å². The van der Waals surface area contributed by atoms with Crippen molar-refractivity contribution in [2.75, 3.05) is 11.9 Å². The Hall–Kier alpha value is -1.63. The van der Waals surface area contributed by atoms with E-state index in [2.05, 4.69) is 21.2 Å². The summed E-state index contributed by atoms with van der Waals surface area (Å²) in [6.07, 6.45) is 7.83. The van der Waals surface area contributed by atoms with Gasteiger partial charge in [-0.2, -0.15) is 10.4 Å². The fourth-order valence-corrected chi connectivity index (χ4v) is 2.31. The highest BCUT2D eigenvalue weighted by molar-refractivity contribution is 5.52.